The third-order valence-electron chi connectivity index (χ3n) is 3.35. The van der Waals surface area contributed by atoms with Crippen LogP contribution in [0, 0.1) is 17.1 Å². The number of nitrogens with zero attached hydrogens (tertiary/aromatic N) is 1. The van der Waals surface area contributed by atoms with Gasteiger partial charge in [0.25, 0.3) is 0 Å². The molecule has 0 radical (unpaired) electrons. The van der Waals surface area contributed by atoms with Gasteiger partial charge in [-0.05, 0) is 30.7 Å². The van der Waals surface area contributed by atoms with Gasteiger partial charge in [-0.2, -0.15) is 5.26 Å². The number of rotatable bonds is 5. The van der Waals surface area contributed by atoms with Crippen LogP contribution >= 0.6 is 0 Å². The van der Waals surface area contributed by atoms with E-state index in [1.807, 2.05) is 43.3 Å². The van der Waals surface area contributed by atoms with Crippen molar-refractivity contribution in [2.45, 2.75) is 25.5 Å². The van der Waals surface area contributed by atoms with Gasteiger partial charge in [0.15, 0.2) is 0 Å². The molecule has 108 valence electrons. The van der Waals surface area contributed by atoms with Crippen molar-refractivity contribution < 1.29 is 9.50 Å². The number of benzene rings is 2. The van der Waals surface area contributed by atoms with E-state index in [0.717, 1.165) is 5.56 Å². The SMILES string of the molecule is CC(Nc1ccc(F)cc1C#N)C(O)Cc1ccccc1. The molecule has 2 unspecified atom stereocenters. The second kappa shape index (κ2) is 6.87. The highest BCUT2D eigenvalue weighted by molar-refractivity contribution is 5.58. The molecule has 0 saturated heterocycles. The van der Waals surface area contributed by atoms with Crippen LogP contribution in [0.4, 0.5) is 10.1 Å². The van der Waals surface area contributed by atoms with Gasteiger partial charge in [0, 0.05) is 12.5 Å². The fraction of sp³-hybridized carbons (Fsp3) is 0.235. The summed E-state index contributed by atoms with van der Waals surface area (Å²) in [5.74, 6) is -0.449. The lowest BCUT2D eigenvalue weighted by atomic mass is 10.0. The molecule has 0 saturated carbocycles. The molecule has 2 aromatic carbocycles. The van der Waals surface area contributed by atoms with E-state index in [-0.39, 0.29) is 11.6 Å². The predicted octanol–water partition coefficient (Wildman–Crippen LogP) is 3.10. The quantitative estimate of drug-likeness (QED) is 0.887. The number of aliphatic hydroxyl groups excluding tert-OH is 1. The second-order valence-electron chi connectivity index (χ2n) is 4.99. The molecule has 0 amide bonds. The van der Waals surface area contributed by atoms with E-state index in [1.54, 1.807) is 0 Å². The molecule has 2 N–H and O–H groups in total. The topological polar surface area (TPSA) is 56.0 Å². The zero-order chi connectivity index (χ0) is 15.2. The Kier molecular flexibility index (Phi) is 4.91. The van der Waals surface area contributed by atoms with Crippen molar-refractivity contribution in [3.8, 4) is 6.07 Å². The van der Waals surface area contributed by atoms with E-state index in [1.165, 1.54) is 18.2 Å². The molecular formula is C17H17FN2O. The fourth-order valence-corrected chi connectivity index (χ4v) is 2.11. The number of nitrogens with one attached hydrogen (secondary N) is 1. The second-order valence-corrected chi connectivity index (χ2v) is 4.99. The van der Waals surface area contributed by atoms with E-state index >= 15 is 0 Å². The van der Waals surface area contributed by atoms with Gasteiger partial charge in [-0.25, -0.2) is 4.39 Å². The van der Waals surface area contributed by atoms with Crippen LogP contribution in [0.1, 0.15) is 18.1 Å². The van der Waals surface area contributed by atoms with Gasteiger partial charge in [0.1, 0.15) is 11.9 Å². The minimum Gasteiger partial charge on any atom is -0.391 e. The van der Waals surface area contributed by atoms with Crippen molar-refractivity contribution in [2.75, 3.05) is 5.32 Å². The molecule has 0 fully saturated rings. The maximum Gasteiger partial charge on any atom is 0.124 e. The highest BCUT2D eigenvalue weighted by Gasteiger charge is 2.16. The molecule has 2 rings (SSSR count). The van der Waals surface area contributed by atoms with Crippen LogP contribution in [0.3, 0.4) is 0 Å². The van der Waals surface area contributed by atoms with E-state index in [9.17, 15) is 9.50 Å². The molecule has 4 heteroatoms. The summed E-state index contributed by atoms with van der Waals surface area (Å²) in [6.45, 7) is 1.83. The summed E-state index contributed by atoms with van der Waals surface area (Å²) in [5, 5.41) is 22.3. The summed E-state index contributed by atoms with van der Waals surface area (Å²) in [7, 11) is 0. The Morgan fingerprint density at radius 3 is 2.62 bits per heavy atom. The molecule has 0 spiro atoms. The summed E-state index contributed by atoms with van der Waals surface area (Å²) in [6, 6.07) is 15.3. The largest absolute Gasteiger partial charge is 0.391 e. The first kappa shape index (κ1) is 15.0. The zero-order valence-corrected chi connectivity index (χ0v) is 11.8. The molecule has 0 aliphatic rings. The maximum atomic E-state index is 13.1. The summed E-state index contributed by atoms with van der Waals surface area (Å²) in [6.07, 6.45) is -0.0954. The Bertz CT molecular complexity index is 637. The minimum absolute atomic E-state index is 0.230. The third-order valence-corrected chi connectivity index (χ3v) is 3.35. The first-order chi connectivity index (χ1) is 10.1. The van der Waals surface area contributed by atoms with E-state index in [0.29, 0.717) is 12.1 Å². The van der Waals surface area contributed by atoms with Crippen LogP contribution in [0.25, 0.3) is 0 Å². The Balaban J connectivity index is 2.04. The Labute approximate surface area is 123 Å². The highest BCUT2D eigenvalue weighted by Crippen LogP contribution is 2.18. The standard InChI is InChI=1S/C17H17FN2O/c1-12(17(21)9-13-5-3-2-4-6-13)20-16-8-7-15(18)10-14(16)11-19/h2-8,10,12,17,20-21H,9H2,1H3. The highest BCUT2D eigenvalue weighted by atomic mass is 19.1. The van der Waals surface area contributed by atoms with Crippen LogP contribution in [0.15, 0.2) is 48.5 Å². The number of halogens is 1. The Morgan fingerprint density at radius 2 is 1.95 bits per heavy atom. The van der Waals surface area contributed by atoms with Gasteiger partial charge in [0.05, 0.1) is 17.4 Å². The third kappa shape index (κ3) is 4.04. The normalized spacial score (nSPS) is 13.2. The van der Waals surface area contributed by atoms with Gasteiger partial charge in [0.2, 0.25) is 0 Å². The first-order valence-corrected chi connectivity index (χ1v) is 6.78. The molecule has 0 aromatic heterocycles. The van der Waals surface area contributed by atoms with Crippen molar-refractivity contribution in [3.05, 3.63) is 65.5 Å². The lowest BCUT2D eigenvalue weighted by Crippen LogP contribution is -2.32. The van der Waals surface area contributed by atoms with Crippen LogP contribution in [0.2, 0.25) is 0 Å². The summed E-state index contributed by atoms with van der Waals surface area (Å²) in [5.41, 5.74) is 1.80. The van der Waals surface area contributed by atoms with Crippen molar-refractivity contribution in [1.82, 2.24) is 0 Å². The average Bonchev–Trinajstić information content (AvgIpc) is 2.49. The number of anilines is 1. The summed E-state index contributed by atoms with van der Waals surface area (Å²) >= 11 is 0. The van der Waals surface area contributed by atoms with E-state index < -0.39 is 11.9 Å². The Morgan fingerprint density at radius 1 is 1.24 bits per heavy atom. The molecule has 3 nitrogen and oxygen atoms in total. The molecule has 0 bridgehead atoms. The average molecular weight is 284 g/mol. The van der Waals surface area contributed by atoms with Crippen LogP contribution in [0.5, 0.6) is 0 Å². The minimum atomic E-state index is -0.607. The Hall–Kier alpha value is -2.38. The predicted molar refractivity (Wildman–Crippen MR) is 80.4 cm³/mol. The number of nitriles is 1. The van der Waals surface area contributed by atoms with Crippen LogP contribution < -0.4 is 5.32 Å². The molecular weight excluding hydrogens is 267 g/mol. The summed E-state index contributed by atoms with van der Waals surface area (Å²) < 4.78 is 13.1. The first-order valence-electron chi connectivity index (χ1n) is 6.78. The van der Waals surface area contributed by atoms with Crippen molar-refractivity contribution in [1.29, 1.82) is 5.26 Å². The van der Waals surface area contributed by atoms with E-state index in [2.05, 4.69) is 5.32 Å². The maximum absolute atomic E-state index is 13.1. The molecule has 21 heavy (non-hydrogen) atoms. The van der Waals surface area contributed by atoms with Gasteiger partial charge in [-0.1, -0.05) is 30.3 Å². The van der Waals surface area contributed by atoms with Crippen molar-refractivity contribution >= 4 is 5.69 Å². The fourth-order valence-electron chi connectivity index (χ4n) is 2.11. The molecule has 0 heterocycles. The molecule has 0 aliphatic carbocycles. The number of aliphatic hydroxyl groups is 1. The van der Waals surface area contributed by atoms with Gasteiger partial charge >= 0.3 is 0 Å². The van der Waals surface area contributed by atoms with Gasteiger partial charge in [-0.15, -0.1) is 0 Å². The van der Waals surface area contributed by atoms with Crippen LogP contribution in [-0.2, 0) is 6.42 Å². The number of hydrogen-bond acceptors (Lipinski definition) is 3. The van der Waals surface area contributed by atoms with Crippen molar-refractivity contribution in [2.24, 2.45) is 0 Å². The van der Waals surface area contributed by atoms with E-state index in [4.69, 9.17) is 5.26 Å². The number of hydrogen-bond donors (Lipinski definition) is 2. The van der Waals surface area contributed by atoms with Gasteiger partial charge in [-0.3, -0.25) is 0 Å². The van der Waals surface area contributed by atoms with Crippen LogP contribution in [-0.4, -0.2) is 17.3 Å². The van der Waals surface area contributed by atoms with Gasteiger partial charge < -0.3 is 10.4 Å². The zero-order valence-electron chi connectivity index (χ0n) is 11.8. The molecule has 2 aromatic rings. The molecule has 0 aliphatic heterocycles. The summed E-state index contributed by atoms with van der Waals surface area (Å²) in [4.78, 5) is 0. The monoisotopic (exact) mass is 284 g/mol. The smallest absolute Gasteiger partial charge is 0.124 e. The lowest BCUT2D eigenvalue weighted by molar-refractivity contribution is 0.158. The van der Waals surface area contributed by atoms with Crippen molar-refractivity contribution in [3.63, 3.8) is 0 Å². The lowest BCUT2D eigenvalue weighted by Gasteiger charge is -2.22. The molecule has 2 atom stereocenters.